The number of carbonyl (C=O) groups is 12. The van der Waals surface area contributed by atoms with Gasteiger partial charge >= 0.3 is 6.03 Å². The number of nitrogens with two attached hydrogens (primary N) is 2. The fourth-order valence-electron chi connectivity index (χ4n) is 12.4. The number of carbonyl (C=O) groups excluding carboxylic acids is 12. The van der Waals surface area contributed by atoms with Crippen LogP contribution in [0.1, 0.15) is 74.4 Å². The molecular formula is C75H86ClN17O14. The quantitative estimate of drug-likeness (QED) is 0.0255. The number of nitrogens with zero attached hydrogens (tertiary/aromatic N) is 4. The average molecular weight is 1490 g/mol. The minimum absolute atomic E-state index is 0.0197. The second kappa shape index (κ2) is 37.6. The number of H-pyrrole nitrogens is 2. The molecule has 0 unspecified atom stereocenters. The maximum Gasteiger partial charge on any atom is 0.312 e. The van der Waals surface area contributed by atoms with Crippen LogP contribution in [-0.2, 0) is 84.8 Å². The van der Waals surface area contributed by atoms with Gasteiger partial charge in [-0.1, -0.05) is 90.5 Å². The van der Waals surface area contributed by atoms with E-state index < -0.39 is 138 Å². The van der Waals surface area contributed by atoms with Crippen molar-refractivity contribution in [2.75, 3.05) is 24.6 Å². The van der Waals surface area contributed by atoms with E-state index >= 15 is 14.4 Å². The molecule has 9 rings (SSSR count). The summed E-state index contributed by atoms with van der Waals surface area (Å²) in [5.74, 6) is -9.38. The van der Waals surface area contributed by atoms with Gasteiger partial charge in [-0.05, 0) is 121 Å². The van der Waals surface area contributed by atoms with Gasteiger partial charge in [-0.15, -0.1) is 0 Å². The summed E-state index contributed by atoms with van der Waals surface area (Å²) < 4.78 is 0. The summed E-state index contributed by atoms with van der Waals surface area (Å²) in [6, 6.07) is 19.9. The van der Waals surface area contributed by atoms with Crippen molar-refractivity contribution in [2.45, 2.75) is 139 Å². The third-order valence-corrected chi connectivity index (χ3v) is 18.3. The number of likely N-dealkylation sites (tertiary alicyclic amines) is 1. The molecule has 1 aliphatic heterocycles. The third kappa shape index (κ3) is 22.0. The summed E-state index contributed by atoms with van der Waals surface area (Å²) in [6.07, 6.45) is 6.35. The Kier molecular flexibility index (Phi) is 27.7. The molecule has 13 amide bonds. The molecule has 17 N–H and O–H groups in total. The topological polar surface area (TPSA) is 469 Å². The lowest BCUT2D eigenvalue weighted by Crippen LogP contribution is -2.61. The number of primary amides is 1. The van der Waals surface area contributed by atoms with Crippen molar-refractivity contribution in [1.82, 2.24) is 72.7 Å². The van der Waals surface area contributed by atoms with Crippen molar-refractivity contribution in [3.8, 4) is 5.75 Å². The lowest BCUT2D eigenvalue weighted by Gasteiger charge is -2.31. The molecule has 1 fully saturated rings. The zero-order valence-electron chi connectivity index (χ0n) is 58.9. The number of hydrogen-bond acceptors (Lipinski definition) is 17. The number of hydrogen-bond donors (Lipinski definition) is 15. The molecule has 107 heavy (non-hydrogen) atoms. The molecule has 10 atom stereocenters. The van der Waals surface area contributed by atoms with Crippen molar-refractivity contribution >= 4 is 110 Å². The maximum atomic E-state index is 15.4. The highest BCUT2D eigenvalue weighted by atomic mass is 35.5. The van der Waals surface area contributed by atoms with Crippen LogP contribution >= 0.6 is 11.6 Å². The number of anilines is 1. The summed E-state index contributed by atoms with van der Waals surface area (Å²) in [6.45, 7) is 2.93. The Bertz CT molecular complexity index is 4490. The molecule has 5 aromatic carbocycles. The number of aliphatic hydroxyl groups is 1. The minimum atomic E-state index is -1.82. The SMILES string of the molecule is CC(=O)N(C(=O)[C@H](C)NC(=O)[C@@H]1CCCN1C(=O)[C@H](Cc1ccc(O)cc1)NC(=O)[C@H](Cc1c[nH]c2ccccc12)NC(=O)[C@H](CCCNC(N)=O)NC(=O)[C@H](Cc1cnc[nH]1)NC(=O)[C@H](CO)NC(=O)[C@H](Cc1cccnc1)NC(=O)[C@H](Cc1ccc(Cl)cc1)NC(=O)[C@H](C)N)c1ccc2ccccc2c1. The second-order valence-electron chi connectivity index (χ2n) is 26.1. The van der Waals surface area contributed by atoms with E-state index in [1.165, 1.54) is 74.9 Å². The number of phenols is 1. The van der Waals surface area contributed by atoms with Crippen LogP contribution in [0.5, 0.6) is 5.75 Å². The number of amides is 13. The van der Waals surface area contributed by atoms with Crippen LogP contribution in [0.15, 0.2) is 159 Å². The Labute approximate surface area is 619 Å². The average Bonchev–Trinajstić information content (AvgIpc) is 1.79. The molecule has 4 heterocycles. The highest BCUT2D eigenvalue weighted by molar-refractivity contribution is 6.30. The van der Waals surface area contributed by atoms with Gasteiger partial charge in [-0.25, -0.2) is 14.7 Å². The summed E-state index contributed by atoms with van der Waals surface area (Å²) >= 11 is 6.12. The first-order chi connectivity index (χ1) is 51.3. The first-order valence-electron chi connectivity index (χ1n) is 34.7. The number of aliphatic hydroxyl groups excluding tert-OH is 1. The number of aromatic nitrogens is 4. The number of benzene rings is 5. The molecule has 0 aliphatic carbocycles. The third-order valence-electron chi connectivity index (χ3n) is 18.0. The van der Waals surface area contributed by atoms with E-state index in [9.17, 15) is 53.4 Å². The lowest BCUT2D eigenvalue weighted by atomic mass is 10.0. The van der Waals surface area contributed by atoms with Crippen LogP contribution in [-0.4, -0.2) is 186 Å². The fourth-order valence-corrected chi connectivity index (χ4v) is 12.5. The number of fused-ring (bicyclic) bond motifs is 2. The molecule has 1 saturated heterocycles. The Morgan fingerprint density at radius 1 is 0.607 bits per heavy atom. The van der Waals surface area contributed by atoms with Gasteiger partial charge in [0.05, 0.1) is 24.7 Å². The maximum absolute atomic E-state index is 15.4. The van der Waals surface area contributed by atoms with Crippen LogP contribution in [0.2, 0.25) is 5.02 Å². The first-order valence-corrected chi connectivity index (χ1v) is 35.1. The number of rotatable bonds is 34. The molecule has 31 nitrogen and oxygen atoms in total. The molecular weight excluding hydrogens is 1400 g/mol. The first kappa shape index (κ1) is 79.0. The molecule has 0 saturated carbocycles. The van der Waals surface area contributed by atoms with Gasteiger partial charge in [0.25, 0.3) is 5.91 Å². The zero-order valence-corrected chi connectivity index (χ0v) is 59.6. The molecule has 0 radical (unpaired) electrons. The van der Waals surface area contributed by atoms with Crippen molar-refractivity contribution in [2.24, 2.45) is 11.5 Å². The van der Waals surface area contributed by atoms with E-state index in [4.69, 9.17) is 23.1 Å². The number of urea groups is 1. The van der Waals surface area contributed by atoms with Gasteiger partial charge in [0.2, 0.25) is 59.1 Å². The smallest absolute Gasteiger partial charge is 0.312 e. The van der Waals surface area contributed by atoms with Gasteiger partial charge in [0.1, 0.15) is 60.1 Å². The molecule has 32 heteroatoms. The highest BCUT2D eigenvalue weighted by Gasteiger charge is 2.41. The molecule has 0 spiro atoms. The molecule has 3 aromatic heterocycles. The molecule has 1 aliphatic rings. The number of imidazole rings is 1. The minimum Gasteiger partial charge on any atom is -0.508 e. The van der Waals surface area contributed by atoms with E-state index in [0.717, 1.165) is 15.7 Å². The van der Waals surface area contributed by atoms with Crippen molar-refractivity contribution < 1.29 is 67.7 Å². The normalized spacial score (nSPS) is 15.1. The number of phenolic OH excluding ortho intramolecular Hbond substituents is 1. The van der Waals surface area contributed by atoms with Gasteiger partial charge in [0, 0.05) is 98.5 Å². The van der Waals surface area contributed by atoms with E-state index in [1.54, 1.807) is 85.1 Å². The van der Waals surface area contributed by atoms with Crippen molar-refractivity contribution in [1.29, 1.82) is 0 Å². The standard InChI is InChI=1S/C75H86ClN17O14/c1-42(77)65(97)86-58(31-45-18-23-51(76)24-19-45)67(99)87-59(33-47-11-8-28-79-37-47)68(100)91-63(40-94)71(103)89-61(36-52-39-80-41-83-52)70(102)85-57(16-9-29-81-75(78)107)66(98)88-60(35-50-38-82-56-15-7-6-14-55(50)56)69(101)90-62(32-46-20-26-54(96)27-21-46)74(106)92-30-10-17-64(92)72(104)84-43(2)73(105)93(44(3)95)53-25-22-48-12-4-5-13-49(48)34-53/h4-8,11-15,18-28,34,37-39,41-43,57-64,82,94,96H,9-10,16-17,29-33,35-36,40,77H2,1-3H3,(H,80,83)(H,84,104)(H,85,102)(H,86,97)(H,87,99)(H,88,98)(H,89,103)(H,90,101)(H,91,100)(H3,78,81,107)/t42-,43-,57-,58-,59-,60-,61-,62-,63-,64-/m0/s1. The Balaban J connectivity index is 0.958. The monoisotopic (exact) mass is 1480 g/mol. The number of pyridine rings is 1. The van der Waals surface area contributed by atoms with Gasteiger partial charge in [-0.2, -0.15) is 0 Å². The largest absolute Gasteiger partial charge is 0.508 e. The van der Waals surface area contributed by atoms with E-state index in [2.05, 4.69) is 67.8 Å². The van der Waals surface area contributed by atoms with Crippen LogP contribution in [0.3, 0.4) is 0 Å². The van der Waals surface area contributed by atoms with Gasteiger partial charge in [-0.3, -0.25) is 57.7 Å². The molecule has 0 bridgehead atoms. The van der Waals surface area contributed by atoms with E-state index in [1.807, 2.05) is 24.3 Å². The number of halogens is 1. The van der Waals surface area contributed by atoms with Crippen LogP contribution in [0.25, 0.3) is 21.7 Å². The number of para-hydroxylation sites is 1. The number of nitrogens with one attached hydrogen (secondary N) is 11. The van der Waals surface area contributed by atoms with E-state index in [0.29, 0.717) is 44.6 Å². The van der Waals surface area contributed by atoms with Crippen LogP contribution in [0, 0.1) is 0 Å². The van der Waals surface area contributed by atoms with Crippen molar-refractivity contribution in [3.05, 3.63) is 191 Å². The Morgan fingerprint density at radius 2 is 1.18 bits per heavy atom. The van der Waals surface area contributed by atoms with Crippen LogP contribution in [0.4, 0.5) is 10.5 Å². The van der Waals surface area contributed by atoms with Gasteiger partial charge < -0.3 is 84.4 Å². The van der Waals surface area contributed by atoms with E-state index in [-0.39, 0.29) is 81.6 Å². The molecule has 562 valence electrons. The number of aromatic hydroxyl groups is 1. The lowest BCUT2D eigenvalue weighted by molar-refractivity contribution is -0.142. The van der Waals surface area contributed by atoms with Gasteiger partial charge in [0.15, 0.2) is 0 Å². The predicted octanol–water partition coefficient (Wildman–Crippen LogP) is 1.57. The summed E-state index contributed by atoms with van der Waals surface area (Å²) in [5, 5.41) is 47.6. The number of imide groups is 1. The predicted molar refractivity (Wildman–Crippen MR) is 395 cm³/mol. The summed E-state index contributed by atoms with van der Waals surface area (Å²) in [4.78, 5) is 187. The zero-order chi connectivity index (χ0) is 76.8. The van der Waals surface area contributed by atoms with Crippen molar-refractivity contribution in [3.63, 3.8) is 0 Å². The highest BCUT2D eigenvalue weighted by Crippen LogP contribution is 2.26. The summed E-state index contributed by atoms with van der Waals surface area (Å²) in [5.41, 5.74) is 14.5. The number of aromatic amines is 2. The Morgan fingerprint density at radius 3 is 1.80 bits per heavy atom. The Hall–Kier alpha value is -12.1. The molecule has 8 aromatic rings. The van der Waals surface area contributed by atoms with Crippen LogP contribution < -0.4 is 64.2 Å². The fraction of sp³-hybridized carbons (Fsp3) is 0.333. The second-order valence-corrected chi connectivity index (χ2v) is 26.5. The summed E-state index contributed by atoms with van der Waals surface area (Å²) in [7, 11) is 0.